The van der Waals surface area contributed by atoms with E-state index in [1.807, 2.05) is 11.9 Å². The van der Waals surface area contributed by atoms with Crippen LogP contribution in [0.1, 0.15) is 34.1 Å². The van der Waals surface area contributed by atoms with Gasteiger partial charge >= 0.3 is 0 Å². The van der Waals surface area contributed by atoms with E-state index in [1.165, 1.54) is 0 Å². The molecule has 0 bridgehead atoms. The molecule has 2 fully saturated rings. The van der Waals surface area contributed by atoms with Gasteiger partial charge in [-0.1, -0.05) is 13.8 Å². The van der Waals surface area contributed by atoms with Gasteiger partial charge in [-0.2, -0.15) is 0 Å². The second kappa shape index (κ2) is 10.0. The van der Waals surface area contributed by atoms with E-state index in [-0.39, 0.29) is 49.0 Å². The van der Waals surface area contributed by atoms with E-state index < -0.39 is 0 Å². The number of carbonyl (C=O) groups excluding carboxylic acids is 1. The molecule has 23 heavy (non-hydrogen) atoms. The van der Waals surface area contributed by atoms with Crippen molar-refractivity contribution in [1.82, 2.24) is 15.1 Å². The van der Waals surface area contributed by atoms with Crippen molar-refractivity contribution >= 4 is 30.7 Å². The Labute approximate surface area is 153 Å². The van der Waals surface area contributed by atoms with Crippen molar-refractivity contribution in [2.75, 3.05) is 33.2 Å². The number of nitrogens with zero attached hydrogens (tertiary/aromatic N) is 2. The van der Waals surface area contributed by atoms with Crippen LogP contribution in [0.15, 0.2) is 0 Å². The number of nitrogens with one attached hydrogen (secondary N) is 1. The lowest BCUT2D eigenvalue weighted by Crippen LogP contribution is -2.58. The van der Waals surface area contributed by atoms with E-state index in [4.69, 9.17) is 4.74 Å². The molecule has 2 saturated heterocycles. The molecule has 0 spiro atoms. The normalized spacial score (nSPS) is 29.6. The van der Waals surface area contributed by atoms with Crippen LogP contribution in [0.4, 0.5) is 0 Å². The number of likely N-dealkylation sites (N-methyl/N-ethyl adjacent to an activating group) is 1. The van der Waals surface area contributed by atoms with E-state index in [1.54, 1.807) is 0 Å². The number of ether oxygens (including phenoxy) is 1. The summed E-state index contributed by atoms with van der Waals surface area (Å²) in [7, 11) is 1.96. The molecular weight excluding hydrogens is 337 g/mol. The summed E-state index contributed by atoms with van der Waals surface area (Å²) in [6, 6.07) is 0.305. The summed E-state index contributed by atoms with van der Waals surface area (Å²) in [6.07, 6.45) is 1.45. The number of morpholine rings is 1. The summed E-state index contributed by atoms with van der Waals surface area (Å²) in [5.74, 6) is 0.576. The molecule has 4 atom stereocenters. The average molecular weight is 370 g/mol. The first-order valence-electron chi connectivity index (χ1n) is 8.27. The first-order chi connectivity index (χ1) is 9.90. The third-order valence-electron chi connectivity index (χ3n) is 4.66. The zero-order valence-corrected chi connectivity index (χ0v) is 16.6. The summed E-state index contributed by atoms with van der Waals surface area (Å²) < 4.78 is 5.81. The predicted molar refractivity (Wildman–Crippen MR) is 98.7 cm³/mol. The second-order valence-electron chi connectivity index (χ2n) is 7.00. The van der Waals surface area contributed by atoms with E-state index in [0.29, 0.717) is 12.0 Å². The molecule has 2 rings (SSSR count). The molecule has 0 aromatic carbocycles. The van der Waals surface area contributed by atoms with Crippen LogP contribution in [0.5, 0.6) is 0 Å². The molecule has 1 amide bonds. The molecule has 0 saturated carbocycles. The fourth-order valence-corrected chi connectivity index (χ4v) is 3.67. The Balaban J connectivity index is 0.00000242. The molecule has 2 aliphatic rings. The van der Waals surface area contributed by atoms with Gasteiger partial charge in [-0.05, 0) is 32.7 Å². The first kappa shape index (κ1) is 22.9. The Bertz CT molecular complexity index is 355. The molecular formula is C16H33Cl2N3O2. The molecule has 1 N–H and O–H groups in total. The Kier molecular flexibility index (Phi) is 10.0. The van der Waals surface area contributed by atoms with Gasteiger partial charge in [-0.3, -0.25) is 9.69 Å². The fourth-order valence-electron chi connectivity index (χ4n) is 3.67. The van der Waals surface area contributed by atoms with Crippen molar-refractivity contribution in [3.63, 3.8) is 0 Å². The highest BCUT2D eigenvalue weighted by Gasteiger charge is 2.37. The largest absolute Gasteiger partial charge is 0.373 e. The van der Waals surface area contributed by atoms with Crippen molar-refractivity contribution < 1.29 is 9.53 Å². The van der Waals surface area contributed by atoms with Crippen LogP contribution >= 0.6 is 24.8 Å². The summed E-state index contributed by atoms with van der Waals surface area (Å²) in [6.45, 7) is 12.1. The second-order valence-corrected chi connectivity index (χ2v) is 7.00. The van der Waals surface area contributed by atoms with Crippen molar-refractivity contribution in [3.05, 3.63) is 0 Å². The van der Waals surface area contributed by atoms with E-state index in [2.05, 4.69) is 37.9 Å². The zero-order valence-electron chi connectivity index (χ0n) is 14.9. The Hall–Kier alpha value is -0.0700. The lowest BCUT2D eigenvalue weighted by Gasteiger charge is -2.42. The quantitative estimate of drug-likeness (QED) is 0.820. The van der Waals surface area contributed by atoms with E-state index in [0.717, 1.165) is 32.6 Å². The Morgan fingerprint density at radius 3 is 2.22 bits per heavy atom. The molecule has 5 nitrogen and oxygen atoms in total. The number of amides is 1. The highest BCUT2D eigenvalue weighted by atomic mass is 35.5. The third kappa shape index (κ3) is 5.75. The van der Waals surface area contributed by atoms with E-state index >= 15 is 0 Å². The van der Waals surface area contributed by atoms with Crippen molar-refractivity contribution in [2.24, 2.45) is 5.92 Å². The molecule has 0 aliphatic carbocycles. The fraction of sp³-hybridized carbons (Fsp3) is 0.938. The lowest BCUT2D eigenvalue weighted by atomic mass is 9.98. The van der Waals surface area contributed by atoms with E-state index in [9.17, 15) is 4.79 Å². The monoisotopic (exact) mass is 369 g/mol. The van der Waals surface area contributed by atoms with Crippen LogP contribution in [0.2, 0.25) is 0 Å². The van der Waals surface area contributed by atoms with Crippen LogP contribution in [-0.2, 0) is 9.53 Å². The molecule has 138 valence electrons. The van der Waals surface area contributed by atoms with Crippen LogP contribution in [0.25, 0.3) is 0 Å². The van der Waals surface area contributed by atoms with Gasteiger partial charge in [0.1, 0.15) is 0 Å². The lowest BCUT2D eigenvalue weighted by molar-refractivity contribution is -0.145. The maximum absolute atomic E-state index is 13.0. The topological polar surface area (TPSA) is 44.8 Å². The van der Waals surface area contributed by atoms with Gasteiger partial charge in [0.15, 0.2) is 0 Å². The van der Waals surface area contributed by atoms with Crippen LogP contribution in [0, 0.1) is 5.92 Å². The SMILES string of the molecule is CC1CN(C(C(=O)N(C)C2CCNC2)C(C)C)CC(C)O1.Cl.Cl. The minimum Gasteiger partial charge on any atom is -0.373 e. The Morgan fingerprint density at radius 2 is 1.78 bits per heavy atom. The van der Waals surface area contributed by atoms with Gasteiger partial charge < -0.3 is 15.0 Å². The number of halogens is 2. The van der Waals surface area contributed by atoms with Crippen molar-refractivity contribution in [3.8, 4) is 0 Å². The number of rotatable bonds is 4. The predicted octanol–water partition coefficient (Wildman–Crippen LogP) is 1.78. The smallest absolute Gasteiger partial charge is 0.240 e. The third-order valence-corrected chi connectivity index (χ3v) is 4.66. The minimum atomic E-state index is -0.0376. The van der Waals surface area contributed by atoms with Gasteiger partial charge in [0, 0.05) is 32.7 Å². The van der Waals surface area contributed by atoms with Gasteiger partial charge in [-0.15, -0.1) is 24.8 Å². The molecule has 7 heteroatoms. The van der Waals surface area contributed by atoms with Gasteiger partial charge in [0.2, 0.25) is 5.91 Å². The molecule has 2 heterocycles. The van der Waals surface area contributed by atoms with Crippen LogP contribution < -0.4 is 5.32 Å². The maximum Gasteiger partial charge on any atom is 0.240 e. The summed E-state index contributed by atoms with van der Waals surface area (Å²) in [5.41, 5.74) is 0. The van der Waals surface area contributed by atoms with Crippen LogP contribution in [-0.4, -0.2) is 73.2 Å². The first-order valence-corrected chi connectivity index (χ1v) is 8.27. The summed E-state index contributed by atoms with van der Waals surface area (Å²) in [4.78, 5) is 17.3. The number of hydrogen-bond donors (Lipinski definition) is 1. The molecule has 2 aliphatic heterocycles. The van der Waals surface area contributed by atoms with Gasteiger partial charge in [0.25, 0.3) is 0 Å². The highest BCUT2D eigenvalue weighted by molar-refractivity contribution is 5.85. The maximum atomic E-state index is 13.0. The summed E-state index contributed by atoms with van der Waals surface area (Å²) >= 11 is 0. The van der Waals surface area contributed by atoms with Gasteiger partial charge in [-0.25, -0.2) is 0 Å². The highest BCUT2D eigenvalue weighted by Crippen LogP contribution is 2.21. The number of carbonyl (C=O) groups is 1. The van der Waals surface area contributed by atoms with Crippen LogP contribution in [0.3, 0.4) is 0 Å². The number of hydrogen-bond acceptors (Lipinski definition) is 4. The Morgan fingerprint density at radius 1 is 1.22 bits per heavy atom. The molecule has 0 aromatic rings. The minimum absolute atomic E-state index is 0. The van der Waals surface area contributed by atoms with Gasteiger partial charge in [0.05, 0.1) is 18.2 Å². The summed E-state index contributed by atoms with van der Waals surface area (Å²) in [5, 5.41) is 3.34. The standard InChI is InChI=1S/C16H31N3O2.2ClH/c1-11(2)15(19-9-12(3)21-13(4)10-19)16(20)18(5)14-6-7-17-8-14;;/h11-15,17H,6-10H2,1-5H3;2*1H. The van der Waals surface area contributed by atoms with Crippen molar-refractivity contribution in [2.45, 2.75) is 58.4 Å². The van der Waals surface area contributed by atoms with Crippen molar-refractivity contribution in [1.29, 1.82) is 0 Å². The zero-order chi connectivity index (χ0) is 15.6. The molecule has 4 unspecified atom stereocenters. The molecule has 0 radical (unpaired) electrons. The molecule has 0 aromatic heterocycles. The average Bonchev–Trinajstić information content (AvgIpc) is 2.90.